The van der Waals surface area contributed by atoms with Crippen molar-refractivity contribution in [3.63, 3.8) is 0 Å². The molecule has 0 saturated carbocycles. The van der Waals surface area contributed by atoms with Crippen LogP contribution >= 0.6 is 22.7 Å². The van der Waals surface area contributed by atoms with E-state index in [2.05, 4.69) is 5.32 Å². The van der Waals surface area contributed by atoms with Crippen LogP contribution in [0.4, 0.5) is 18.9 Å². The topological polar surface area (TPSA) is 78.4 Å². The number of benzene rings is 1. The van der Waals surface area contributed by atoms with Crippen LogP contribution in [-0.2, 0) is 21.4 Å². The molecule has 10 heteroatoms. The van der Waals surface area contributed by atoms with E-state index < -0.39 is 34.8 Å². The average Bonchev–Trinajstić information content (AvgIpc) is 3.39. The van der Waals surface area contributed by atoms with Gasteiger partial charge in [0.05, 0.1) is 17.8 Å². The van der Waals surface area contributed by atoms with E-state index in [0.29, 0.717) is 10.4 Å². The third kappa shape index (κ3) is 4.66. The van der Waals surface area contributed by atoms with Crippen molar-refractivity contribution in [2.24, 2.45) is 0 Å². The number of carbonyl (C=O) groups excluding carboxylic acids is 2. The number of amides is 2. The van der Waals surface area contributed by atoms with Crippen molar-refractivity contribution in [3.05, 3.63) is 74.6 Å². The number of para-hydroxylation sites is 1. The highest BCUT2D eigenvalue weighted by Gasteiger charge is 2.36. The Morgan fingerprint density at radius 1 is 1.00 bits per heavy atom. The van der Waals surface area contributed by atoms with Gasteiger partial charge in [-0.15, -0.1) is 11.3 Å². The molecule has 5 nitrogen and oxygen atoms in total. The predicted octanol–water partition coefficient (Wildman–Crippen LogP) is 3.82. The molecule has 1 atom stereocenters. The van der Waals surface area contributed by atoms with Crippen LogP contribution in [0.3, 0.4) is 0 Å². The summed E-state index contributed by atoms with van der Waals surface area (Å²) in [6, 6.07) is 9.47. The molecule has 0 aliphatic heterocycles. The van der Waals surface area contributed by atoms with Crippen molar-refractivity contribution in [3.8, 4) is 0 Å². The third-order valence-corrected chi connectivity index (χ3v) is 5.82. The van der Waals surface area contributed by atoms with Gasteiger partial charge < -0.3 is 15.7 Å². The van der Waals surface area contributed by atoms with Gasteiger partial charge in [0.15, 0.2) is 0 Å². The van der Waals surface area contributed by atoms with E-state index in [1.807, 2.05) is 5.32 Å². The maximum atomic E-state index is 13.0. The minimum atomic E-state index is -4.68. The molecule has 3 rings (SSSR count). The van der Waals surface area contributed by atoms with E-state index in [1.54, 1.807) is 34.3 Å². The van der Waals surface area contributed by atoms with Crippen molar-refractivity contribution < 1.29 is 27.9 Å². The first-order valence-corrected chi connectivity index (χ1v) is 10.1. The average molecular weight is 440 g/mol. The lowest BCUT2D eigenvalue weighted by Gasteiger charge is -2.26. The van der Waals surface area contributed by atoms with Crippen molar-refractivity contribution in [1.29, 1.82) is 0 Å². The SMILES string of the molecule is O=C(NC[C@@](O)(c1ccsc1)c1cccs1)C(=O)Nc1ccccc1C(F)(F)F. The Kier molecular flexibility index (Phi) is 6.06. The van der Waals surface area contributed by atoms with Gasteiger partial charge in [0.2, 0.25) is 0 Å². The maximum Gasteiger partial charge on any atom is 0.418 e. The molecule has 3 N–H and O–H groups in total. The first kappa shape index (κ1) is 21.0. The summed E-state index contributed by atoms with van der Waals surface area (Å²) in [7, 11) is 0. The molecule has 3 aromatic rings. The van der Waals surface area contributed by atoms with Crippen LogP contribution in [0.2, 0.25) is 0 Å². The van der Waals surface area contributed by atoms with Crippen LogP contribution in [0.1, 0.15) is 16.0 Å². The van der Waals surface area contributed by atoms with Gasteiger partial charge in [-0.25, -0.2) is 0 Å². The second-order valence-electron chi connectivity index (χ2n) is 6.03. The fraction of sp³-hybridized carbons (Fsp3) is 0.158. The van der Waals surface area contributed by atoms with Crippen LogP contribution in [0.25, 0.3) is 0 Å². The standard InChI is InChI=1S/C19H15F3N2O3S2/c20-19(21,22)13-4-1-2-5-14(13)24-17(26)16(25)23-11-18(27,12-7-9-28-10-12)15-6-3-8-29-15/h1-10,27H,11H2,(H,23,25)(H,24,26)/t18-/m1/s1. The normalized spacial score (nSPS) is 13.5. The minimum absolute atomic E-state index is 0.322. The lowest BCUT2D eigenvalue weighted by atomic mass is 9.94. The van der Waals surface area contributed by atoms with Crippen molar-refractivity contribution in [1.82, 2.24) is 5.32 Å². The number of anilines is 1. The monoisotopic (exact) mass is 440 g/mol. The van der Waals surface area contributed by atoms with Crippen LogP contribution in [-0.4, -0.2) is 23.5 Å². The molecule has 0 unspecified atom stereocenters. The smallest absolute Gasteiger partial charge is 0.378 e. The summed E-state index contributed by atoms with van der Waals surface area (Å²) in [5.74, 6) is -2.42. The second-order valence-corrected chi connectivity index (χ2v) is 7.76. The zero-order valence-electron chi connectivity index (χ0n) is 14.7. The van der Waals surface area contributed by atoms with Gasteiger partial charge in [-0.05, 0) is 40.4 Å². The van der Waals surface area contributed by atoms with Gasteiger partial charge in [-0.2, -0.15) is 24.5 Å². The Morgan fingerprint density at radius 2 is 1.76 bits per heavy atom. The number of rotatable bonds is 5. The number of alkyl halides is 3. The molecule has 2 aromatic heterocycles. The molecular formula is C19H15F3N2O3S2. The number of hydrogen-bond donors (Lipinski definition) is 3. The lowest BCUT2D eigenvalue weighted by molar-refractivity contribution is -0.138. The summed E-state index contributed by atoms with van der Waals surface area (Å²) in [4.78, 5) is 24.9. The summed E-state index contributed by atoms with van der Waals surface area (Å²) >= 11 is 2.63. The fourth-order valence-corrected chi connectivity index (χ4v) is 4.22. The van der Waals surface area contributed by atoms with Gasteiger partial charge in [-0.3, -0.25) is 9.59 Å². The molecule has 0 spiro atoms. The molecule has 1 aromatic carbocycles. The van der Waals surface area contributed by atoms with E-state index in [9.17, 15) is 27.9 Å². The first-order valence-electron chi connectivity index (χ1n) is 8.26. The zero-order chi connectivity index (χ0) is 21.1. The highest BCUT2D eigenvalue weighted by Crippen LogP contribution is 2.35. The Labute approximate surface area is 171 Å². The number of aliphatic hydroxyl groups is 1. The molecule has 0 bridgehead atoms. The quantitative estimate of drug-likeness (QED) is 0.528. The van der Waals surface area contributed by atoms with Crippen LogP contribution in [0.15, 0.2) is 58.6 Å². The van der Waals surface area contributed by atoms with E-state index in [4.69, 9.17) is 0 Å². The summed E-state index contributed by atoms with van der Waals surface area (Å²) in [6.07, 6.45) is -4.68. The molecule has 0 radical (unpaired) electrons. The maximum absolute atomic E-state index is 13.0. The van der Waals surface area contributed by atoms with Crippen LogP contribution in [0, 0.1) is 0 Å². The summed E-state index contributed by atoms with van der Waals surface area (Å²) in [5.41, 5.74) is -2.61. The molecule has 0 aliphatic rings. The number of halogens is 3. The molecule has 0 saturated heterocycles. The fourth-order valence-electron chi connectivity index (χ4n) is 2.65. The van der Waals surface area contributed by atoms with E-state index in [-0.39, 0.29) is 6.54 Å². The van der Waals surface area contributed by atoms with E-state index >= 15 is 0 Å². The Hall–Kier alpha value is -2.69. The minimum Gasteiger partial charge on any atom is -0.378 e. The Morgan fingerprint density at radius 3 is 2.38 bits per heavy atom. The van der Waals surface area contributed by atoms with Gasteiger partial charge in [0.25, 0.3) is 0 Å². The van der Waals surface area contributed by atoms with Crippen molar-refractivity contribution in [2.45, 2.75) is 11.8 Å². The van der Waals surface area contributed by atoms with Gasteiger partial charge in [0, 0.05) is 10.4 Å². The van der Waals surface area contributed by atoms with Gasteiger partial charge >= 0.3 is 18.0 Å². The summed E-state index contributed by atoms with van der Waals surface area (Å²) in [5, 5.41) is 20.6. The molecule has 2 amide bonds. The number of thiophene rings is 2. The Bertz CT molecular complexity index is 952. The number of carbonyl (C=O) groups is 2. The molecule has 0 aliphatic carbocycles. The van der Waals surface area contributed by atoms with Crippen LogP contribution < -0.4 is 10.6 Å². The first-order chi connectivity index (χ1) is 13.7. The number of hydrogen-bond acceptors (Lipinski definition) is 5. The highest BCUT2D eigenvalue weighted by molar-refractivity contribution is 7.10. The number of nitrogens with one attached hydrogen (secondary N) is 2. The molecule has 29 heavy (non-hydrogen) atoms. The highest BCUT2D eigenvalue weighted by atomic mass is 32.1. The van der Waals surface area contributed by atoms with Crippen molar-refractivity contribution >= 4 is 40.2 Å². The van der Waals surface area contributed by atoms with Gasteiger partial charge in [-0.1, -0.05) is 18.2 Å². The molecule has 2 heterocycles. The largest absolute Gasteiger partial charge is 0.418 e. The molecule has 0 fully saturated rings. The zero-order valence-corrected chi connectivity index (χ0v) is 16.3. The third-order valence-electron chi connectivity index (χ3n) is 4.12. The molecule has 152 valence electrons. The second kappa shape index (κ2) is 8.36. The Balaban J connectivity index is 1.73. The predicted molar refractivity (Wildman–Crippen MR) is 105 cm³/mol. The summed E-state index contributed by atoms with van der Waals surface area (Å²) in [6.45, 7) is -0.322. The van der Waals surface area contributed by atoms with Crippen LogP contribution in [0.5, 0.6) is 0 Å². The van der Waals surface area contributed by atoms with E-state index in [0.717, 1.165) is 12.1 Å². The van der Waals surface area contributed by atoms with E-state index in [1.165, 1.54) is 34.8 Å². The lowest BCUT2D eigenvalue weighted by Crippen LogP contribution is -2.44. The summed E-state index contributed by atoms with van der Waals surface area (Å²) < 4.78 is 39.1. The van der Waals surface area contributed by atoms with Gasteiger partial charge in [0.1, 0.15) is 5.60 Å². The van der Waals surface area contributed by atoms with Crippen molar-refractivity contribution in [2.75, 3.05) is 11.9 Å². The molecular weight excluding hydrogens is 425 g/mol.